The Morgan fingerprint density at radius 2 is 1.65 bits per heavy atom. The first-order chi connectivity index (χ1) is 21.9. The zero-order valence-corrected chi connectivity index (χ0v) is 25.5. The lowest BCUT2D eigenvalue weighted by molar-refractivity contribution is -0.148. The minimum atomic E-state index is -2.15. The van der Waals surface area contributed by atoms with Crippen molar-refractivity contribution in [1.29, 1.82) is 0 Å². The highest BCUT2D eigenvalue weighted by Gasteiger charge is 2.59. The van der Waals surface area contributed by atoms with E-state index in [2.05, 4.69) is 4.98 Å². The standard InChI is InChI=1S/C34H23Cl2F5N2O3/c1-17-27(38)28(39)29(40)30(41)31(17)46-33(45)34(13-18-5-3-2-4-6-18)14-26(44)43(16-19-7-10-23(36)24(37)11-19)32(34)22-15-42-25-12-20(35)8-9-21(22)25/h2-12,15,32,42H,13-14,16H2,1H3/t32-,34?/m0/s1. The maximum Gasteiger partial charge on any atom is 0.320 e. The molecule has 0 bridgehead atoms. The molecule has 1 aliphatic heterocycles. The predicted molar refractivity (Wildman–Crippen MR) is 162 cm³/mol. The SMILES string of the molecule is Cc1c(F)c(F)c(F)c(F)c1OC(=O)C1(Cc2ccccc2)CC(=O)N(Cc2ccc(Cl)c(F)c2)[C@H]1c1c[nH]c2cc(Cl)ccc12. The van der Waals surface area contributed by atoms with Gasteiger partial charge in [-0.2, -0.15) is 4.39 Å². The first-order valence-corrected chi connectivity index (χ1v) is 14.8. The number of carbonyl (C=O) groups is 2. The van der Waals surface area contributed by atoms with Crippen LogP contribution in [0.25, 0.3) is 10.9 Å². The number of amides is 1. The number of likely N-dealkylation sites (tertiary alicyclic amines) is 1. The summed E-state index contributed by atoms with van der Waals surface area (Å²) in [6.07, 6.45) is 0.978. The molecule has 1 N–H and O–H groups in total. The van der Waals surface area contributed by atoms with E-state index in [-0.39, 0.29) is 18.0 Å². The van der Waals surface area contributed by atoms with Crippen LogP contribution in [0.1, 0.15) is 34.7 Å². The first-order valence-electron chi connectivity index (χ1n) is 14.0. The third-order valence-electron chi connectivity index (χ3n) is 8.34. The molecule has 0 radical (unpaired) electrons. The Morgan fingerprint density at radius 3 is 2.37 bits per heavy atom. The average molecular weight is 673 g/mol. The highest BCUT2D eigenvalue weighted by atomic mass is 35.5. The van der Waals surface area contributed by atoms with Crippen LogP contribution < -0.4 is 4.74 Å². The maximum absolute atomic E-state index is 15.0. The quantitative estimate of drug-likeness (QED) is 0.0618. The average Bonchev–Trinajstić information content (AvgIpc) is 3.56. The summed E-state index contributed by atoms with van der Waals surface area (Å²) in [5.41, 5.74) is -0.627. The van der Waals surface area contributed by atoms with E-state index in [9.17, 15) is 27.2 Å². The van der Waals surface area contributed by atoms with Gasteiger partial charge in [-0.3, -0.25) is 9.59 Å². The highest BCUT2D eigenvalue weighted by Crippen LogP contribution is 2.53. The molecule has 1 fully saturated rings. The molecule has 46 heavy (non-hydrogen) atoms. The van der Waals surface area contributed by atoms with Crippen LogP contribution in [0.15, 0.2) is 72.9 Å². The minimum Gasteiger partial charge on any atom is -0.422 e. The van der Waals surface area contributed by atoms with Crippen LogP contribution in [0.5, 0.6) is 5.75 Å². The maximum atomic E-state index is 15.0. The molecule has 236 valence electrons. The molecule has 1 saturated heterocycles. The van der Waals surface area contributed by atoms with Crippen molar-refractivity contribution in [1.82, 2.24) is 9.88 Å². The predicted octanol–water partition coefficient (Wildman–Crippen LogP) is 8.79. The van der Waals surface area contributed by atoms with E-state index in [1.54, 1.807) is 54.7 Å². The molecule has 2 atom stereocenters. The normalized spacial score (nSPS) is 18.0. The van der Waals surface area contributed by atoms with Gasteiger partial charge in [0.2, 0.25) is 17.5 Å². The second kappa shape index (κ2) is 12.1. The molecule has 6 rings (SSSR count). The second-order valence-electron chi connectivity index (χ2n) is 11.2. The summed E-state index contributed by atoms with van der Waals surface area (Å²) in [6, 6.07) is 16.5. The number of halogens is 7. The Morgan fingerprint density at radius 1 is 0.935 bits per heavy atom. The number of carbonyl (C=O) groups excluding carboxylic acids is 2. The number of esters is 1. The van der Waals surface area contributed by atoms with E-state index in [1.165, 1.54) is 23.1 Å². The van der Waals surface area contributed by atoms with Crippen LogP contribution in [-0.2, 0) is 22.6 Å². The van der Waals surface area contributed by atoms with Crippen LogP contribution >= 0.6 is 23.2 Å². The van der Waals surface area contributed by atoms with Crippen molar-refractivity contribution < 1.29 is 36.3 Å². The number of benzene rings is 4. The van der Waals surface area contributed by atoms with Crippen LogP contribution in [0.4, 0.5) is 22.0 Å². The van der Waals surface area contributed by atoms with Crippen LogP contribution in [0, 0.1) is 41.4 Å². The van der Waals surface area contributed by atoms with Crippen molar-refractivity contribution in [2.45, 2.75) is 32.4 Å². The van der Waals surface area contributed by atoms with E-state index in [4.69, 9.17) is 27.9 Å². The fraction of sp³-hybridized carbons (Fsp3) is 0.176. The van der Waals surface area contributed by atoms with E-state index >= 15 is 4.39 Å². The van der Waals surface area contributed by atoms with Gasteiger partial charge in [-0.1, -0.05) is 65.7 Å². The highest BCUT2D eigenvalue weighted by molar-refractivity contribution is 6.31. The summed E-state index contributed by atoms with van der Waals surface area (Å²) in [5, 5.41) is 0.876. The number of H-pyrrole nitrogens is 1. The Hall–Kier alpha value is -4.41. The monoisotopic (exact) mass is 672 g/mol. The molecule has 5 nitrogen and oxygen atoms in total. The number of fused-ring (bicyclic) bond motifs is 1. The number of hydrogen-bond acceptors (Lipinski definition) is 3. The van der Waals surface area contributed by atoms with Crippen LogP contribution in [0.2, 0.25) is 10.0 Å². The minimum absolute atomic E-state index is 0.125. The van der Waals surface area contributed by atoms with Gasteiger partial charge in [0.25, 0.3) is 0 Å². The van der Waals surface area contributed by atoms with Gasteiger partial charge < -0.3 is 14.6 Å². The Balaban J connectivity index is 1.56. The number of rotatable bonds is 7. The number of hydrogen-bond donors (Lipinski definition) is 1. The van der Waals surface area contributed by atoms with Gasteiger partial charge in [-0.15, -0.1) is 0 Å². The summed E-state index contributed by atoms with van der Waals surface area (Å²) in [4.78, 5) is 32.9. The van der Waals surface area contributed by atoms with Gasteiger partial charge in [-0.25, -0.2) is 17.6 Å². The smallest absolute Gasteiger partial charge is 0.320 e. The van der Waals surface area contributed by atoms with Gasteiger partial charge >= 0.3 is 5.97 Å². The van der Waals surface area contributed by atoms with Crippen LogP contribution in [0.3, 0.4) is 0 Å². The molecule has 12 heteroatoms. The van der Waals surface area contributed by atoms with E-state index in [1.807, 2.05) is 0 Å². The lowest BCUT2D eigenvalue weighted by Crippen LogP contribution is -2.42. The van der Waals surface area contributed by atoms with Crippen molar-refractivity contribution in [2.75, 3.05) is 0 Å². The Bertz CT molecular complexity index is 1990. The molecule has 4 aromatic carbocycles. The van der Waals surface area contributed by atoms with Gasteiger partial charge in [-0.05, 0) is 48.7 Å². The summed E-state index contributed by atoms with van der Waals surface area (Å²) >= 11 is 12.1. The molecule has 1 aromatic heterocycles. The largest absolute Gasteiger partial charge is 0.422 e. The summed E-state index contributed by atoms with van der Waals surface area (Å²) in [7, 11) is 0. The number of ether oxygens (including phenoxy) is 1. The van der Waals surface area contributed by atoms with Crippen molar-refractivity contribution in [3.63, 3.8) is 0 Å². The van der Waals surface area contributed by atoms with Gasteiger partial charge in [0.15, 0.2) is 17.4 Å². The fourth-order valence-corrected chi connectivity index (χ4v) is 6.44. The van der Waals surface area contributed by atoms with E-state index in [0.717, 1.165) is 6.92 Å². The zero-order valence-electron chi connectivity index (χ0n) is 23.9. The third-order valence-corrected chi connectivity index (χ3v) is 8.88. The molecule has 2 heterocycles. The summed E-state index contributed by atoms with van der Waals surface area (Å²) < 4.78 is 77.8. The number of aromatic nitrogens is 1. The first kappa shape index (κ1) is 31.6. The van der Waals surface area contributed by atoms with Crippen molar-refractivity contribution in [3.05, 3.63) is 134 Å². The van der Waals surface area contributed by atoms with Gasteiger partial charge in [0, 0.05) is 46.2 Å². The topological polar surface area (TPSA) is 62.4 Å². The Labute approximate surface area is 269 Å². The van der Waals surface area contributed by atoms with Crippen molar-refractivity contribution in [2.24, 2.45) is 5.41 Å². The lowest BCUT2D eigenvalue weighted by Gasteiger charge is -2.36. The third kappa shape index (κ3) is 5.39. The van der Waals surface area contributed by atoms with Gasteiger partial charge in [0.05, 0.1) is 11.1 Å². The molecule has 5 aromatic rings. The molecule has 1 unspecified atom stereocenters. The molecule has 1 amide bonds. The summed E-state index contributed by atoms with van der Waals surface area (Å²) in [6.45, 7) is 0.768. The molecule has 0 saturated carbocycles. The lowest BCUT2D eigenvalue weighted by atomic mass is 9.72. The Kier molecular flexibility index (Phi) is 8.29. The molecule has 0 spiro atoms. The summed E-state index contributed by atoms with van der Waals surface area (Å²) in [5.74, 6) is -11.4. The molecular formula is C34H23Cl2F5N2O3. The number of nitrogens with one attached hydrogen (secondary N) is 1. The van der Waals surface area contributed by atoms with Crippen LogP contribution in [-0.4, -0.2) is 21.8 Å². The van der Waals surface area contributed by atoms with E-state index < -0.39 is 70.2 Å². The van der Waals surface area contributed by atoms with Crippen molar-refractivity contribution in [3.8, 4) is 5.75 Å². The van der Waals surface area contributed by atoms with Crippen molar-refractivity contribution >= 4 is 46.0 Å². The second-order valence-corrected chi connectivity index (χ2v) is 12.0. The molecule has 1 aliphatic rings. The zero-order chi connectivity index (χ0) is 32.9. The van der Waals surface area contributed by atoms with Gasteiger partial charge in [0.1, 0.15) is 11.2 Å². The fourth-order valence-electron chi connectivity index (χ4n) is 6.15. The van der Waals surface area contributed by atoms with E-state index in [0.29, 0.717) is 32.6 Å². The number of nitrogens with zero attached hydrogens (tertiary/aromatic N) is 1. The molecular weight excluding hydrogens is 650 g/mol. The molecule has 0 aliphatic carbocycles. The number of aromatic amines is 1.